The van der Waals surface area contributed by atoms with E-state index in [4.69, 9.17) is 40.2 Å². The summed E-state index contributed by atoms with van der Waals surface area (Å²) in [5.41, 5.74) is 2.63. The lowest BCUT2D eigenvalue weighted by Crippen LogP contribution is -2.18. The largest absolute Gasteiger partial charge is 0.465 e. The molecule has 158 valence electrons. The minimum Gasteiger partial charge on any atom is -0.465 e. The number of thiocarbonyl (C=S) groups is 1. The second-order valence-electron chi connectivity index (χ2n) is 6.58. The van der Waals surface area contributed by atoms with Gasteiger partial charge in [0.05, 0.1) is 30.6 Å². The Kier molecular flexibility index (Phi) is 6.43. The van der Waals surface area contributed by atoms with Gasteiger partial charge in [-0.15, -0.1) is 11.3 Å². The number of benzene rings is 2. The maximum Gasteiger partial charge on any atom is 0.349 e. The highest BCUT2D eigenvalue weighted by Gasteiger charge is 2.17. The van der Waals surface area contributed by atoms with Crippen LogP contribution in [0.1, 0.15) is 15.2 Å². The first-order chi connectivity index (χ1) is 14.9. The number of anilines is 2. The van der Waals surface area contributed by atoms with Crippen molar-refractivity contribution in [3.63, 3.8) is 0 Å². The molecule has 0 saturated carbocycles. The van der Waals surface area contributed by atoms with Crippen LogP contribution < -0.4 is 10.6 Å². The van der Waals surface area contributed by atoms with Crippen molar-refractivity contribution < 1.29 is 9.53 Å². The van der Waals surface area contributed by atoms with Crippen molar-refractivity contribution in [1.29, 1.82) is 0 Å². The second-order valence-corrected chi connectivity index (χ2v) is 8.85. The van der Waals surface area contributed by atoms with Crippen LogP contribution in [0.2, 0.25) is 10.0 Å². The summed E-state index contributed by atoms with van der Waals surface area (Å²) in [4.78, 5) is 12.2. The number of rotatable bonds is 5. The quantitative estimate of drug-likeness (QED) is 0.262. The van der Waals surface area contributed by atoms with Gasteiger partial charge in [0.25, 0.3) is 0 Å². The Morgan fingerprint density at radius 2 is 1.90 bits per heavy atom. The van der Waals surface area contributed by atoms with Crippen LogP contribution in [0.3, 0.4) is 0 Å². The van der Waals surface area contributed by atoms with Gasteiger partial charge in [0.15, 0.2) is 5.11 Å². The molecule has 4 aromatic rings. The summed E-state index contributed by atoms with van der Waals surface area (Å²) in [5.74, 6) is -0.450. The van der Waals surface area contributed by atoms with Gasteiger partial charge in [0, 0.05) is 27.0 Å². The van der Waals surface area contributed by atoms with Crippen LogP contribution >= 0.6 is 46.8 Å². The van der Waals surface area contributed by atoms with Gasteiger partial charge in [-0.05, 0) is 48.1 Å². The predicted octanol–water partition coefficient (Wildman–Crippen LogP) is 6.05. The standard InChI is InChI=1S/C21H16Cl2N4O2S2/c1-29-20(28)19-18(23)16-7-6-14(8-17(16)31-19)25-21(30)26-15-9-24-27(11-15)10-12-2-4-13(22)5-3-12/h2-9,11H,10H2,1H3,(H2,25,26,30). The molecule has 6 nitrogen and oxygen atoms in total. The summed E-state index contributed by atoms with van der Waals surface area (Å²) >= 11 is 18.9. The molecule has 4 rings (SSSR count). The van der Waals surface area contributed by atoms with Gasteiger partial charge >= 0.3 is 5.97 Å². The Balaban J connectivity index is 1.41. The van der Waals surface area contributed by atoms with E-state index >= 15 is 0 Å². The number of ether oxygens (including phenoxy) is 1. The zero-order valence-electron chi connectivity index (χ0n) is 16.2. The van der Waals surface area contributed by atoms with E-state index in [1.165, 1.54) is 18.4 Å². The third-order valence-electron chi connectivity index (χ3n) is 4.41. The van der Waals surface area contributed by atoms with Crippen molar-refractivity contribution in [3.05, 3.63) is 75.3 Å². The van der Waals surface area contributed by atoms with Gasteiger partial charge in [0.1, 0.15) is 4.88 Å². The summed E-state index contributed by atoms with van der Waals surface area (Å²) in [6.07, 6.45) is 3.57. The molecule has 0 aliphatic heterocycles. The van der Waals surface area contributed by atoms with Crippen molar-refractivity contribution in [2.24, 2.45) is 0 Å². The summed E-state index contributed by atoms with van der Waals surface area (Å²) in [6, 6.07) is 13.2. The molecule has 2 aromatic heterocycles. The molecule has 0 amide bonds. The number of halogens is 2. The topological polar surface area (TPSA) is 68.2 Å². The Labute approximate surface area is 197 Å². The van der Waals surface area contributed by atoms with E-state index in [2.05, 4.69) is 15.7 Å². The fourth-order valence-electron chi connectivity index (χ4n) is 2.95. The SMILES string of the molecule is COC(=O)c1sc2cc(NC(=S)Nc3cnn(Cc4ccc(Cl)cc4)c3)ccc2c1Cl. The normalized spacial score (nSPS) is 10.8. The number of nitrogens with zero attached hydrogens (tertiary/aromatic N) is 2. The summed E-state index contributed by atoms with van der Waals surface area (Å²) in [7, 11) is 1.33. The number of carbonyl (C=O) groups excluding carboxylic acids is 1. The maximum absolute atomic E-state index is 11.8. The second kappa shape index (κ2) is 9.23. The lowest BCUT2D eigenvalue weighted by molar-refractivity contribution is 0.0606. The molecular formula is C21H16Cl2N4O2S2. The van der Waals surface area contributed by atoms with Crippen LogP contribution in [0.5, 0.6) is 0 Å². The fourth-order valence-corrected chi connectivity index (χ4v) is 4.78. The molecule has 0 fully saturated rings. The molecule has 31 heavy (non-hydrogen) atoms. The van der Waals surface area contributed by atoms with Gasteiger partial charge < -0.3 is 15.4 Å². The van der Waals surface area contributed by atoms with Crippen molar-refractivity contribution in [1.82, 2.24) is 9.78 Å². The van der Waals surface area contributed by atoms with E-state index in [0.717, 1.165) is 27.0 Å². The average Bonchev–Trinajstić information content (AvgIpc) is 3.32. The van der Waals surface area contributed by atoms with Crippen molar-refractivity contribution in [2.75, 3.05) is 17.7 Å². The molecular weight excluding hydrogens is 475 g/mol. The van der Waals surface area contributed by atoms with Crippen molar-refractivity contribution >= 4 is 79.3 Å². The molecule has 0 aliphatic rings. The molecule has 2 heterocycles. The first kappa shape index (κ1) is 21.6. The van der Waals surface area contributed by atoms with Gasteiger partial charge in [-0.2, -0.15) is 5.10 Å². The van der Waals surface area contributed by atoms with E-state index in [9.17, 15) is 4.79 Å². The molecule has 0 saturated heterocycles. The smallest absolute Gasteiger partial charge is 0.349 e. The first-order valence-corrected chi connectivity index (χ1v) is 11.1. The number of hydrogen-bond donors (Lipinski definition) is 2. The third kappa shape index (κ3) is 4.99. The molecule has 0 atom stereocenters. The molecule has 0 aliphatic carbocycles. The number of carbonyl (C=O) groups is 1. The molecule has 0 bridgehead atoms. The lowest BCUT2D eigenvalue weighted by atomic mass is 10.2. The van der Waals surface area contributed by atoms with Crippen LogP contribution in [0.4, 0.5) is 11.4 Å². The molecule has 0 unspecified atom stereocenters. The van der Waals surface area contributed by atoms with Crippen LogP contribution in [0.15, 0.2) is 54.9 Å². The van der Waals surface area contributed by atoms with Crippen LogP contribution in [-0.4, -0.2) is 28.0 Å². The van der Waals surface area contributed by atoms with Crippen molar-refractivity contribution in [3.8, 4) is 0 Å². The van der Waals surface area contributed by atoms with Gasteiger partial charge in [-0.3, -0.25) is 4.68 Å². The van der Waals surface area contributed by atoms with Gasteiger partial charge in [-0.25, -0.2) is 4.79 Å². The zero-order valence-corrected chi connectivity index (χ0v) is 19.3. The highest BCUT2D eigenvalue weighted by molar-refractivity contribution is 7.80. The number of hydrogen-bond acceptors (Lipinski definition) is 5. The fraction of sp³-hybridized carbons (Fsp3) is 0.0952. The molecule has 10 heteroatoms. The predicted molar refractivity (Wildman–Crippen MR) is 131 cm³/mol. The van der Waals surface area contributed by atoms with Gasteiger partial charge in [0.2, 0.25) is 0 Å². The number of methoxy groups -OCH3 is 1. The van der Waals surface area contributed by atoms with E-state index in [0.29, 0.717) is 26.6 Å². The van der Waals surface area contributed by atoms with E-state index < -0.39 is 5.97 Å². The van der Waals surface area contributed by atoms with Crippen LogP contribution in [0, 0.1) is 0 Å². The minimum absolute atomic E-state index is 0.380. The molecule has 0 radical (unpaired) electrons. The Morgan fingerprint density at radius 3 is 2.65 bits per heavy atom. The Bertz CT molecular complexity index is 1270. The average molecular weight is 491 g/mol. The van der Waals surface area contributed by atoms with E-state index in [1.807, 2.05) is 53.3 Å². The summed E-state index contributed by atoms with van der Waals surface area (Å²) in [5, 5.41) is 12.9. The highest BCUT2D eigenvalue weighted by Crippen LogP contribution is 2.37. The minimum atomic E-state index is -0.450. The number of fused-ring (bicyclic) bond motifs is 1. The number of nitrogens with one attached hydrogen (secondary N) is 2. The van der Waals surface area contributed by atoms with Crippen molar-refractivity contribution in [2.45, 2.75) is 6.54 Å². The van der Waals surface area contributed by atoms with Crippen LogP contribution in [0.25, 0.3) is 10.1 Å². The maximum atomic E-state index is 11.8. The summed E-state index contributed by atoms with van der Waals surface area (Å²) in [6.45, 7) is 0.622. The monoisotopic (exact) mass is 490 g/mol. The molecule has 0 spiro atoms. The van der Waals surface area contributed by atoms with Crippen LogP contribution in [-0.2, 0) is 11.3 Å². The number of aromatic nitrogens is 2. The highest BCUT2D eigenvalue weighted by atomic mass is 35.5. The first-order valence-electron chi connectivity index (χ1n) is 9.08. The van der Waals surface area contributed by atoms with E-state index in [1.54, 1.807) is 6.20 Å². The Morgan fingerprint density at radius 1 is 1.16 bits per heavy atom. The summed E-state index contributed by atoms with van der Waals surface area (Å²) < 4.78 is 7.44. The van der Waals surface area contributed by atoms with E-state index in [-0.39, 0.29) is 0 Å². The third-order valence-corrected chi connectivity index (χ3v) is 6.50. The molecule has 2 N–H and O–H groups in total. The number of thiophene rings is 1. The zero-order chi connectivity index (χ0) is 22.0. The van der Waals surface area contributed by atoms with Gasteiger partial charge in [-0.1, -0.05) is 35.3 Å². The number of esters is 1. The lowest BCUT2D eigenvalue weighted by Gasteiger charge is -2.09. The Hall–Kier alpha value is -2.65. The molecule has 2 aromatic carbocycles.